The summed E-state index contributed by atoms with van der Waals surface area (Å²) in [7, 11) is 0. The zero-order valence-corrected chi connectivity index (χ0v) is 15.6. The highest BCUT2D eigenvalue weighted by molar-refractivity contribution is 5.94. The molecule has 0 fully saturated rings. The number of halogens is 1. The summed E-state index contributed by atoms with van der Waals surface area (Å²) in [6.07, 6.45) is 1.78. The third-order valence-electron chi connectivity index (χ3n) is 4.11. The topological polar surface area (TPSA) is 127 Å². The van der Waals surface area contributed by atoms with Gasteiger partial charge in [-0.1, -0.05) is 30.3 Å². The van der Waals surface area contributed by atoms with Gasteiger partial charge in [0.05, 0.1) is 12.1 Å². The molecule has 1 rings (SSSR count). The van der Waals surface area contributed by atoms with Crippen LogP contribution in [0.3, 0.4) is 0 Å². The van der Waals surface area contributed by atoms with Crippen molar-refractivity contribution in [2.24, 2.45) is 11.5 Å². The Hall–Kier alpha value is -2.32. The summed E-state index contributed by atoms with van der Waals surface area (Å²) in [4.78, 5) is 36.5. The van der Waals surface area contributed by atoms with Crippen LogP contribution >= 0.6 is 0 Å². The zero-order chi connectivity index (χ0) is 20.2. The van der Waals surface area contributed by atoms with Crippen LogP contribution in [0.15, 0.2) is 30.3 Å². The molecular formula is C19H29FN4O3. The Morgan fingerprint density at radius 2 is 1.67 bits per heavy atom. The Bertz CT molecular complexity index is 610. The lowest BCUT2D eigenvalue weighted by atomic mass is 10.0. The van der Waals surface area contributed by atoms with Crippen molar-refractivity contribution in [2.45, 2.75) is 50.7 Å². The second-order valence-corrected chi connectivity index (χ2v) is 6.49. The summed E-state index contributed by atoms with van der Waals surface area (Å²) in [5, 5.41) is 5.16. The molecule has 0 spiro atoms. The highest BCUT2D eigenvalue weighted by Gasteiger charge is 2.27. The van der Waals surface area contributed by atoms with E-state index in [0.29, 0.717) is 25.8 Å². The third-order valence-corrected chi connectivity index (χ3v) is 4.11. The third kappa shape index (κ3) is 8.27. The standard InChI is InChI=1S/C19H29FN4O3/c1-13(22)18(26)24-16(11-14-7-3-2-4-8-14)19(27)23-15(17(25)12-20)9-5-6-10-21/h2-4,7-8,13,15-16H,5-6,9-12,21-22H2,1H3,(H,23,27)(H,24,26). The second-order valence-electron chi connectivity index (χ2n) is 6.49. The molecule has 0 saturated heterocycles. The van der Waals surface area contributed by atoms with Gasteiger partial charge in [0.25, 0.3) is 0 Å². The van der Waals surface area contributed by atoms with Crippen molar-refractivity contribution in [2.75, 3.05) is 13.2 Å². The molecule has 0 saturated carbocycles. The zero-order valence-electron chi connectivity index (χ0n) is 15.6. The summed E-state index contributed by atoms with van der Waals surface area (Å²) in [6, 6.07) is 6.47. The van der Waals surface area contributed by atoms with Crippen molar-refractivity contribution < 1.29 is 18.8 Å². The molecule has 0 aliphatic rings. The molecule has 0 aliphatic heterocycles. The van der Waals surface area contributed by atoms with E-state index in [1.165, 1.54) is 6.92 Å². The monoisotopic (exact) mass is 380 g/mol. The van der Waals surface area contributed by atoms with Gasteiger partial charge in [-0.15, -0.1) is 0 Å². The number of Topliss-reactive ketones (excluding diaryl/α,β-unsaturated/α-hetero) is 1. The van der Waals surface area contributed by atoms with E-state index < -0.39 is 42.4 Å². The maximum Gasteiger partial charge on any atom is 0.243 e. The maximum atomic E-state index is 12.8. The van der Waals surface area contributed by atoms with E-state index in [1.807, 2.05) is 30.3 Å². The average Bonchev–Trinajstić information content (AvgIpc) is 2.66. The molecule has 0 bridgehead atoms. The van der Waals surface area contributed by atoms with Crippen LogP contribution in [-0.4, -0.2) is 48.9 Å². The molecule has 1 aromatic carbocycles. The van der Waals surface area contributed by atoms with Crippen molar-refractivity contribution >= 4 is 17.6 Å². The van der Waals surface area contributed by atoms with Crippen molar-refractivity contribution in [3.8, 4) is 0 Å². The molecule has 0 aromatic heterocycles. The Kier molecular flexibility index (Phi) is 10.2. The van der Waals surface area contributed by atoms with Crippen LogP contribution in [0.5, 0.6) is 0 Å². The number of nitrogens with two attached hydrogens (primary N) is 2. The molecule has 0 aliphatic carbocycles. The lowest BCUT2D eigenvalue weighted by Crippen LogP contribution is -2.55. The average molecular weight is 380 g/mol. The summed E-state index contributed by atoms with van der Waals surface area (Å²) >= 11 is 0. The minimum Gasteiger partial charge on any atom is -0.344 e. The van der Waals surface area contributed by atoms with Gasteiger partial charge in [0.15, 0.2) is 5.78 Å². The number of alkyl halides is 1. The van der Waals surface area contributed by atoms with Crippen molar-refractivity contribution in [1.29, 1.82) is 0 Å². The number of nitrogens with one attached hydrogen (secondary N) is 2. The van der Waals surface area contributed by atoms with Crippen LogP contribution in [0.25, 0.3) is 0 Å². The summed E-state index contributed by atoms with van der Waals surface area (Å²) < 4.78 is 12.8. The predicted octanol–water partition coefficient (Wildman–Crippen LogP) is 0.214. The Balaban J connectivity index is 2.88. The van der Waals surface area contributed by atoms with E-state index >= 15 is 0 Å². The Labute approximate surface area is 159 Å². The van der Waals surface area contributed by atoms with Crippen LogP contribution in [0, 0.1) is 0 Å². The quantitative estimate of drug-likeness (QED) is 0.386. The van der Waals surface area contributed by atoms with Gasteiger partial charge in [0, 0.05) is 6.42 Å². The first-order chi connectivity index (χ1) is 12.9. The number of rotatable bonds is 12. The van der Waals surface area contributed by atoms with Crippen molar-refractivity contribution in [3.05, 3.63) is 35.9 Å². The van der Waals surface area contributed by atoms with E-state index in [-0.39, 0.29) is 6.42 Å². The SMILES string of the molecule is CC(N)C(=O)NC(Cc1ccccc1)C(=O)NC(CCCCN)C(=O)CF. The number of benzene rings is 1. The van der Waals surface area contributed by atoms with Gasteiger partial charge in [0.2, 0.25) is 11.8 Å². The summed E-state index contributed by atoms with van der Waals surface area (Å²) in [6.45, 7) is 0.795. The van der Waals surface area contributed by atoms with Gasteiger partial charge in [0.1, 0.15) is 12.7 Å². The maximum absolute atomic E-state index is 12.8. The molecular weight excluding hydrogens is 351 g/mol. The van der Waals surface area contributed by atoms with E-state index in [9.17, 15) is 18.8 Å². The second kappa shape index (κ2) is 12.1. The lowest BCUT2D eigenvalue weighted by molar-refractivity contribution is -0.132. The minimum atomic E-state index is -1.16. The summed E-state index contributed by atoms with van der Waals surface area (Å²) in [5.41, 5.74) is 11.8. The lowest BCUT2D eigenvalue weighted by Gasteiger charge is -2.23. The molecule has 7 nitrogen and oxygen atoms in total. The molecule has 3 unspecified atom stereocenters. The minimum absolute atomic E-state index is 0.227. The van der Waals surface area contributed by atoms with Gasteiger partial charge in [-0.2, -0.15) is 0 Å². The normalized spacial score (nSPS) is 14.1. The number of amides is 2. The molecule has 2 amide bonds. The molecule has 6 N–H and O–H groups in total. The van der Waals surface area contributed by atoms with Crippen LogP contribution in [0.4, 0.5) is 4.39 Å². The Morgan fingerprint density at radius 1 is 1.04 bits per heavy atom. The number of carbonyl (C=O) groups is 3. The number of hydrogen-bond acceptors (Lipinski definition) is 5. The van der Waals surface area contributed by atoms with Crippen molar-refractivity contribution in [3.63, 3.8) is 0 Å². The van der Waals surface area contributed by atoms with Crippen LogP contribution in [-0.2, 0) is 20.8 Å². The fraction of sp³-hybridized carbons (Fsp3) is 0.526. The fourth-order valence-corrected chi connectivity index (χ4v) is 2.53. The first-order valence-corrected chi connectivity index (χ1v) is 9.08. The van der Waals surface area contributed by atoms with E-state index in [4.69, 9.17) is 11.5 Å². The smallest absolute Gasteiger partial charge is 0.243 e. The molecule has 0 heterocycles. The molecule has 3 atom stereocenters. The van der Waals surface area contributed by atoms with Crippen LogP contribution < -0.4 is 22.1 Å². The van der Waals surface area contributed by atoms with Gasteiger partial charge >= 0.3 is 0 Å². The number of carbonyl (C=O) groups excluding carboxylic acids is 3. The first-order valence-electron chi connectivity index (χ1n) is 9.08. The Morgan fingerprint density at radius 3 is 2.22 bits per heavy atom. The van der Waals surface area contributed by atoms with E-state index in [1.54, 1.807) is 0 Å². The number of ketones is 1. The van der Waals surface area contributed by atoms with Gasteiger partial charge in [-0.3, -0.25) is 14.4 Å². The molecule has 27 heavy (non-hydrogen) atoms. The molecule has 0 radical (unpaired) electrons. The van der Waals surface area contributed by atoms with E-state index in [0.717, 1.165) is 5.56 Å². The summed E-state index contributed by atoms with van der Waals surface area (Å²) in [5.74, 6) is -1.73. The van der Waals surface area contributed by atoms with Crippen molar-refractivity contribution in [1.82, 2.24) is 10.6 Å². The van der Waals surface area contributed by atoms with Crippen LogP contribution in [0.1, 0.15) is 31.7 Å². The highest BCUT2D eigenvalue weighted by Crippen LogP contribution is 2.07. The fourth-order valence-electron chi connectivity index (χ4n) is 2.53. The number of hydrogen-bond donors (Lipinski definition) is 4. The van der Waals surface area contributed by atoms with Gasteiger partial charge < -0.3 is 22.1 Å². The molecule has 150 valence electrons. The largest absolute Gasteiger partial charge is 0.344 e. The first kappa shape index (κ1) is 22.7. The molecule has 8 heteroatoms. The van der Waals surface area contributed by atoms with Gasteiger partial charge in [-0.05, 0) is 38.3 Å². The van der Waals surface area contributed by atoms with Crippen LogP contribution in [0.2, 0.25) is 0 Å². The molecule has 1 aromatic rings. The predicted molar refractivity (Wildman–Crippen MR) is 102 cm³/mol. The highest BCUT2D eigenvalue weighted by atomic mass is 19.1. The van der Waals surface area contributed by atoms with Gasteiger partial charge in [-0.25, -0.2) is 4.39 Å². The number of unbranched alkanes of at least 4 members (excludes halogenated alkanes) is 1. The van der Waals surface area contributed by atoms with E-state index in [2.05, 4.69) is 10.6 Å².